The minimum absolute atomic E-state index is 0.144. The number of likely N-dealkylation sites (N-methyl/N-ethyl adjacent to an activating group) is 1. The van der Waals surface area contributed by atoms with Crippen molar-refractivity contribution >= 4 is 0 Å². The van der Waals surface area contributed by atoms with Crippen LogP contribution >= 0.6 is 0 Å². The molecular weight excluding hydrogens is 275 g/mol. The molecule has 0 saturated heterocycles. The topological polar surface area (TPSA) is 12.0 Å². The first-order valence-electron chi connectivity index (χ1n) is 6.94. The van der Waals surface area contributed by atoms with E-state index >= 15 is 0 Å². The number of aryl methyl sites for hydroxylation is 1. The summed E-state index contributed by atoms with van der Waals surface area (Å²) in [4.78, 5) is 0. The van der Waals surface area contributed by atoms with Crippen LogP contribution in [0.4, 0.5) is 13.2 Å². The predicted octanol–water partition coefficient (Wildman–Crippen LogP) is 4.31. The van der Waals surface area contributed by atoms with Gasteiger partial charge in [-0.3, -0.25) is 0 Å². The first-order valence-corrected chi connectivity index (χ1v) is 6.94. The molecule has 1 nitrogen and oxygen atoms in total. The monoisotopic (exact) mass is 293 g/mol. The second-order valence-electron chi connectivity index (χ2n) is 5.07. The molecular formula is C17H18F3N. The van der Waals surface area contributed by atoms with Gasteiger partial charge < -0.3 is 5.32 Å². The summed E-state index contributed by atoms with van der Waals surface area (Å²) in [5.41, 5.74) is 2.05. The third-order valence-electron chi connectivity index (χ3n) is 3.47. The van der Waals surface area contributed by atoms with Crippen LogP contribution in [-0.2, 0) is 6.42 Å². The standard InChI is InChI=1S/C17H18F3N/c1-3-21-17(13-6-4-11(2)15(19)10-13)9-12-5-7-14(18)16(20)8-12/h4-8,10,17,21H,3,9H2,1-2H3. The Morgan fingerprint density at radius 3 is 2.33 bits per heavy atom. The largest absolute Gasteiger partial charge is 0.310 e. The van der Waals surface area contributed by atoms with E-state index in [1.165, 1.54) is 12.1 Å². The van der Waals surface area contributed by atoms with Crippen LogP contribution in [-0.4, -0.2) is 6.54 Å². The maximum absolute atomic E-state index is 13.7. The smallest absolute Gasteiger partial charge is 0.159 e. The molecule has 112 valence electrons. The first-order chi connectivity index (χ1) is 10.0. The third kappa shape index (κ3) is 3.85. The number of benzene rings is 2. The SMILES string of the molecule is CCNC(Cc1ccc(F)c(F)c1)c1ccc(C)c(F)c1. The van der Waals surface area contributed by atoms with Gasteiger partial charge in [0.05, 0.1) is 0 Å². The average molecular weight is 293 g/mol. The molecule has 21 heavy (non-hydrogen) atoms. The molecule has 4 heteroatoms. The molecule has 0 amide bonds. The molecule has 2 rings (SSSR count). The lowest BCUT2D eigenvalue weighted by Gasteiger charge is -2.19. The average Bonchev–Trinajstić information content (AvgIpc) is 2.45. The highest BCUT2D eigenvalue weighted by molar-refractivity contribution is 5.28. The van der Waals surface area contributed by atoms with Gasteiger partial charge in [-0.15, -0.1) is 0 Å². The number of halogens is 3. The molecule has 0 heterocycles. The summed E-state index contributed by atoms with van der Waals surface area (Å²) in [5.74, 6) is -1.99. The molecule has 0 aliphatic carbocycles. The van der Waals surface area contributed by atoms with Crippen molar-refractivity contribution < 1.29 is 13.2 Å². The van der Waals surface area contributed by atoms with Crippen LogP contribution in [0.25, 0.3) is 0 Å². The Labute approximate surface area is 122 Å². The fourth-order valence-corrected chi connectivity index (χ4v) is 2.28. The van der Waals surface area contributed by atoms with E-state index in [0.29, 0.717) is 24.1 Å². The molecule has 0 saturated carbocycles. The van der Waals surface area contributed by atoms with Gasteiger partial charge in [-0.05, 0) is 54.8 Å². The quantitative estimate of drug-likeness (QED) is 0.866. The highest BCUT2D eigenvalue weighted by Crippen LogP contribution is 2.22. The highest BCUT2D eigenvalue weighted by Gasteiger charge is 2.14. The van der Waals surface area contributed by atoms with Gasteiger partial charge in [-0.1, -0.05) is 25.1 Å². The predicted molar refractivity (Wildman–Crippen MR) is 77.6 cm³/mol. The zero-order valence-electron chi connectivity index (χ0n) is 12.1. The van der Waals surface area contributed by atoms with Crippen molar-refractivity contribution in [2.24, 2.45) is 0 Å². The lowest BCUT2D eigenvalue weighted by Crippen LogP contribution is -2.23. The van der Waals surface area contributed by atoms with E-state index in [2.05, 4.69) is 5.32 Å². The van der Waals surface area contributed by atoms with Crippen molar-refractivity contribution in [1.29, 1.82) is 0 Å². The van der Waals surface area contributed by atoms with E-state index in [1.807, 2.05) is 13.0 Å². The summed E-state index contributed by atoms with van der Waals surface area (Å²) in [5, 5.41) is 3.25. The molecule has 1 atom stereocenters. The lowest BCUT2D eigenvalue weighted by atomic mass is 9.97. The highest BCUT2D eigenvalue weighted by atomic mass is 19.2. The van der Waals surface area contributed by atoms with Gasteiger partial charge in [0.15, 0.2) is 11.6 Å². The van der Waals surface area contributed by atoms with Crippen molar-refractivity contribution in [2.75, 3.05) is 6.54 Å². The molecule has 0 aromatic heterocycles. The zero-order chi connectivity index (χ0) is 15.4. The minimum atomic E-state index is -0.863. The number of nitrogens with one attached hydrogen (secondary N) is 1. The normalized spacial score (nSPS) is 12.4. The van der Waals surface area contributed by atoms with Crippen molar-refractivity contribution in [1.82, 2.24) is 5.32 Å². The Balaban J connectivity index is 2.25. The van der Waals surface area contributed by atoms with Gasteiger partial charge in [-0.25, -0.2) is 13.2 Å². The minimum Gasteiger partial charge on any atom is -0.310 e. The Morgan fingerprint density at radius 2 is 1.71 bits per heavy atom. The molecule has 1 N–H and O–H groups in total. The summed E-state index contributed by atoms with van der Waals surface area (Å²) in [7, 11) is 0. The van der Waals surface area contributed by atoms with E-state index in [1.54, 1.807) is 19.1 Å². The number of rotatable bonds is 5. The summed E-state index contributed by atoms with van der Waals surface area (Å²) in [6.45, 7) is 4.35. The van der Waals surface area contributed by atoms with Crippen LogP contribution in [0.2, 0.25) is 0 Å². The van der Waals surface area contributed by atoms with Gasteiger partial charge in [0.2, 0.25) is 0 Å². The van der Waals surface area contributed by atoms with E-state index in [9.17, 15) is 13.2 Å². The van der Waals surface area contributed by atoms with Gasteiger partial charge >= 0.3 is 0 Å². The lowest BCUT2D eigenvalue weighted by molar-refractivity contribution is 0.502. The van der Waals surface area contributed by atoms with E-state index in [4.69, 9.17) is 0 Å². The van der Waals surface area contributed by atoms with Crippen molar-refractivity contribution in [3.63, 3.8) is 0 Å². The van der Waals surface area contributed by atoms with Gasteiger partial charge in [-0.2, -0.15) is 0 Å². The molecule has 0 aliphatic heterocycles. The van der Waals surface area contributed by atoms with Gasteiger partial charge in [0, 0.05) is 6.04 Å². The maximum atomic E-state index is 13.7. The Morgan fingerprint density at radius 1 is 0.952 bits per heavy atom. The van der Waals surface area contributed by atoms with Crippen LogP contribution in [0.1, 0.15) is 29.7 Å². The summed E-state index contributed by atoms with van der Waals surface area (Å²) < 4.78 is 39.9. The Bertz CT molecular complexity index is 625. The van der Waals surface area contributed by atoms with Crippen LogP contribution < -0.4 is 5.32 Å². The van der Waals surface area contributed by atoms with Crippen LogP contribution in [0.3, 0.4) is 0 Å². The second-order valence-corrected chi connectivity index (χ2v) is 5.07. The first kappa shape index (κ1) is 15.6. The second kappa shape index (κ2) is 6.76. The van der Waals surface area contributed by atoms with E-state index in [-0.39, 0.29) is 11.9 Å². The number of hydrogen-bond donors (Lipinski definition) is 1. The number of hydrogen-bond acceptors (Lipinski definition) is 1. The summed E-state index contributed by atoms with van der Waals surface area (Å²) in [6, 6.07) is 8.77. The van der Waals surface area contributed by atoms with E-state index in [0.717, 1.165) is 11.6 Å². The Hall–Kier alpha value is -1.81. The fourth-order valence-electron chi connectivity index (χ4n) is 2.28. The summed E-state index contributed by atoms with van der Waals surface area (Å²) >= 11 is 0. The van der Waals surface area contributed by atoms with E-state index < -0.39 is 11.6 Å². The molecule has 2 aromatic rings. The summed E-state index contributed by atoms with van der Waals surface area (Å²) in [6.07, 6.45) is 0.466. The molecule has 0 aliphatic rings. The van der Waals surface area contributed by atoms with Crippen LogP contribution in [0.5, 0.6) is 0 Å². The maximum Gasteiger partial charge on any atom is 0.159 e. The van der Waals surface area contributed by atoms with Gasteiger partial charge in [0.25, 0.3) is 0 Å². The molecule has 1 unspecified atom stereocenters. The molecule has 0 radical (unpaired) electrons. The molecule has 2 aromatic carbocycles. The van der Waals surface area contributed by atoms with Crippen LogP contribution in [0.15, 0.2) is 36.4 Å². The van der Waals surface area contributed by atoms with Crippen molar-refractivity contribution in [2.45, 2.75) is 26.3 Å². The van der Waals surface area contributed by atoms with Gasteiger partial charge in [0.1, 0.15) is 5.82 Å². The van der Waals surface area contributed by atoms with Crippen molar-refractivity contribution in [3.8, 4) is 0 Å². The van der Waals surface area contributed by atoms with Crippen molar-refractivity contribution in [3.05, 3.63) is 70.5 Å². The molecule has 0 bridgehead atoms. The fraction of sp³-hybridized carbons (Fsp3) is 0.294. The third-order valence-corrected chi connectivity index (χ3v) is 3.47. The molecule has 0 fully saturated rings. The molecule has 0 spiro atoms. The van der Waals surface area contributed by atoms with Crippen LogP contribution in [0, 0.1) is 24.4 Å². The zero-order valence-corrected chi connectivity index (χ0v) is 12.1. The Kier molecular flexibility index (Phi) is 5.02.